The first kappa shape index (κ1) is 24.4. The van der Waals surface area contributed by atoms with Gasteiger partial charge in [0, 0.05) is 39.3 Å². The van der Waals surface area contributed by atoms with Crippen LogP contribution in [0.4, 0.5) is 0 Å². The maximum Gasteiger partial charge on any atom is 0.308 e. The molecule has 0 aromatic rings. The number of halogens is 1. The van der Waals surface area contributed by atoms with E-state index in [2.05, 4.69) is 10.2 Å². The van der Waals surface area contributed by atoms with Gasteiger partial charge in [0.05, 0.1) is 19.3 Å². The number of aliphatic imine (C=N–C) groups is 1. The summed E-state index contributed by atoms with van der Waals surface area (Å²) in [4.78, 5) is 18.7. The molecule has 158 valence electrons. The van der Waals surface area contributed by atoms with E-state index in [9.17, 15) is 13.2 Å². The number of rotatable bonds is 5. The minimum absolute atomic E-state index is 0. The molecule has 0 unspecified atom stereocenters. The molecule has 0 atom stereocenters. The van der Waals surface area contributed by atoms with Crippen molar-refractivity contribution in [3.8, 4) is 0 Å². The zero-order chi connectivity index (χ0) is 19.2. The maximum absolute atomic E-state index is 11.7. The highest BCUT2D eigenvalue weighted by molar-refractivity contribution is 14.0. The SMILES string of the molecule is CCNC(=NCC1CCN(S(C)(=O)=O)CC1)N1CCC(C(=O)OC)CC1.I. The van der Waals surface area contributed by atoms with Crippen LogP contribution in [0.1, 0.15) is 32.6 Å². The van der Waals surface area contributed by atoms with E-state index in [4.69, 9.17) is 9.73 Å². The monoisotopic (exact) mass is 516 g/mol. The summed E-state index contributed by atoms with van der Waals surface area (Å²) >= 11 is 0. The van der Waals surface area contributed by atoms with Crippen molar-refractivity contribution in [3.63, 3.8) is 0 Å². The third-order valence-corrected chi connectivity index (χ3v) is 6.51. The molecule has 0 aromatic heterocycles. The smallest absolute Gasteiger partial charge is 0.308 e. The van der Waals surface area contributed by atoms with Gasteiger partial charge in [-0.25, -0.2) is 12.7 Å². The van der Waals surface area contributed by atoms with Crippen LogP contribution in [0.3, 0.4) is 0 Å². The van der Waals surface area contributed by atoms with Gasteiger partial charge in [-0.05, 0) is 38.5 Å². The molecule has 0 radical (unpaired) electrons. The van der Waals surface area contributed by atoms with E-state index >= 15 is 0 Å². The molecule has 0 amide bonds. The number of ether oxygens (including phenoxy) is 1. The van der Waals surface area contributed by atoms with Crippen molar-refractivity contribution in [1.82, 2.24) is 14.5 Å². The molecule has 2 aliphatic rings. The van der Waals surface area contributed by atoms with Gasteiger partial charge in [-0.2, -0.15) is 0 Å². The number of likely N-dealkylation sites (tertiary alicyclic amines) is 1. The third kappa shape index (κ3) is 7.37. The van der Waals surface area contributed by atoms with Crippen LogP contribution in [0, 0.1) is 11.8 Å². The van der Waals surface area contributed by atoms with Crippen LogP contribution in [0.25, 0.3) is 0 Å². The molecule has 1 N–H and O–H groups in total. The normalized spacial score (nSPS) is 20.9. The van der Waals surface area contributed by atoms with Crippen LogP contribution >= 0.6 is 24.0 Å². The Labute approximate surface area is 180 Å². The lowest BCUT2D eigenvalue weighted by atomic mass is 9.97. The lowest BCUT2D eigenvalue weighted by Gasteiger charge is -2.34. The van der Waals surface area contributed by atoms with Crippen molar-refractivity contribution < 1.29 is 17.9 Å². The summed E-state index contributed by atoms with van der Waals surface area (Å²) in [5, 5.41) is 3.34. The van der Waals surface area contributed by atoms with Gasteiger partial charge in [0.2, 0.25) is 10.0 Å². The van der Waals surface area contributed by atoms with Gasteiger partial charge in [0.25, 0.3) is 0 Å². The van der Waals surface area contributed by atoms with Crippen molar-refractivity contribution in [2.75, 3.05) is 52.6 Å². The van der Waals surface area contributed by atoms with E-state index in [1.165, 1.54) is 13.4 Å². The summed E-state index contributed by atoms with van der Waals surface area (Å²) < 4.78 is 29.6. The summed E-state index contributed by atoms with van der Waals surface area (Å²) in [5.74, 6) is 1.17. The number of nitrogens with one attached hydrogen (secondary N) is 1. The highest BCUT2D eigenvalue weighted by Gasteiger charge is 2.28. The minimum Gasteiger partial charge on any atom is -0.469 e. The van der Waals surface area contributed by atoms with E-state index in [0.717, 1.165) is 51.3 Å². The molecule has 0 aliphatic carbocycles. The zero-order valence-electron chi connectivity index (χ0n) is 16.5. The average molecular weight is 516 g/mol. The minimum atomic E-state index is -3.08. The van der Waals surface area contributed by atoms with Crippen molar-refractivity contribution in [2.45, 2.75) is 32.6 Å². The molecule has 2 fully saturated rings. The molecule has 0 saturated carbocycles. The van der Waals surface area contributed by atoms with Gasteiger partial charge in [-0.1, -0.05) is 0 Å². The van der Waals surface area contributed by atoms with Crippen molar-refractivity contribution in [2.24, 2.45) is 16.8 Å². The largest absolute Gasteiger partial charge is 0.469 e. The number of carbonyl (C=O) groups excluding carboxylic acids is 1. The van der Waals surface area contributed by atoms with E-state index in [1.807, 2.05) is 6.92 Å². The van der Waals surface area contributed by atoms with Crippen LogP contribution in [0.2, 0.25) is 0 Å². The van der Waals surface area contributed by atoms with Crippen molar-refractivity contribution >= 4 is 45.9 Å². The van der Waals surface area contributed by atoms with E-state index < -0.39 is 10.0 Å². The first-order valence-electron chi connectivity index (χ1n) is 9.41. The Balaban J connectivity index is 0.00000364. The molecule has 2 rings (SSSR count). The van der Waals surface area contributed by atoms with Crippen LogP contribution < -0.4 is 5.32 Å². The summed E-state index contributed by atoms with van der Waals surface area (Å²) in [6, 6.07) is 0. The predicted molar refractivity (Wildman–Crippen MR) is 117 cm³/mol. The third-order valence-electron chi connectivity index (χ3n) is 5.21. The summed E-state index contributed by atoms with van der Waals surface area (Å²) in [6.45, 7) is 6.29. The molecule has 0 aromatic carbocycles. The number of nitrogens with zero attached hydrogens (tertiary/aromatic N) is 3. The number of guanidine groups is 1. The van der Waals surface area contributed by atoms with Gasteiger partial charge < -0.3 is 15.0 Å². The molecule has 0 bridgehead atoms. The lowest BCUT2D eigenvalue weighted by molar-refractivity contribution is -0.146. The van der Waals surface area contributed by atoms with Crippen LogP contribution in [0.5, 0.6) is 0 Å². The summed E-state index contributed by atoms with van der Waals surface area (Å²) in [5.41, 5.74) is 0. The highest BCUT2D eigenvalue weighted by Crippen LogP contribution is 2.21. The summed E-state index contributed by atoms with van der Waals surface area (Å²) in [6.07, 6.45) is 4.53. The Morgan fingerprint density at radius 3 is 2.22 bits per heavy atom. The maximum atomic E-state index is 11.7. The fraction of sp³-hybridized carbons (Fsp3) is 0.882. The fourth-order valence-electron chi connectivity index (χ4n) is 3.56. The number of esters is 1. The predicted octanol–water partition coefficient (Wildman–Crippen LogP) is 1.13. The Bertz CT molecular complexity index is 598. The van der Waals surface area contributed by atoms with E-state index in [-0.39, 0.29) is 35.9 Å². The average Bonchev–Trinajstić information content (AvgIpc) is 2.64. The molecule has 2 heterocycles. The molecular weight excluding hydrogens is 483 g/mol. The van der Waals surface area contributed by atoms with Crippen molar-refractivity contribution in [3.05, 3.63) is 0 Å². The number of hydrogen-bond donors (Lipinski definition) is 1. The van der Waals surface area contributed by atoms with E-state index in [1.54, 1.807) is 4.31 Å². The van der Waals surface area contributed by atoms with Gasteiger partial charge in [-0.15, -0.1) is 24.0 Å². The highest BCUT2D eigenvalue weighted by atomic mass is 127. The molecule has 0 spiro atoms. The Hall–Kier alpha value is -0.620. The second-order valence-corrected chi connectivity index (χ2v) is 9.07. The number of carbonyl (C=O) groups is 1. The number of piperidine rings is 2. The topological polar surface area (TPSA) is 91.3 Å². The van der Waals surface area contributed by atoms with Crippen LogP contribution in [0.15, 0.2) is 4.99 Å². The Morgan fingerprint density at radius 1 is 1.15 bits per heavy atom. The van der Waals surface area contributed by atoms with Crippen molar-refractivity contribution in [1.29, 1.82) is 0 Å². The van der Waals surface area contributed by atoms with Crippen LogP contribution in [-0.2, 0) is 19.6 Å². The molecule has 8 nitrogen and oxygen atoms in total. The molecular formula is C17H33IN4O4S. The number of sulfonamides is 1. The number of hydrogen-bond acceptors (Lipinski definition) is 5. The molecule has 2 aliphatic heterocycles. The van der Waals surface area contributed by atoms with Gasteiger partial charge in [0.15, 0.2) is 5.96 Å². The van der Waals surface area contributed by atoms with Gasteiger partial charge >= 0.3 is 5.97 Å². The lowest BCUT2D eigenvalue weighted by Crippen LogP contribution is -2.47. The van der Waals surface area contributed by atoms with Crippen LogP contribution in [-0.4, -0.2) is 82.2 Å². The number of methoxy groups -OCH3 is 1. The summed E-state index contributed by atoms with van der Waals surface area (Å²) in [7, 11) is -1.64. The molecule has 10 heteroatoms. The van der Waals surface area contributed by atoms with Gasteiger partial charge in [0.1, 0.15) is 0 Å². The first-order valence-corrected chi connectivity index (χ1v) is 11.3. The fourth-order valence-corrected chi connectivity index (χ4v) is 4.43. The quantitative estimate of drug-likeness (QED) is 0.255. The second-order valence-electron chi connectivity index (χ2n) is 7.08. The van der Waals surface area contributed by atoms with Gasteiger partial charge in [-0.3, -0.25) is 9.79 Å². The Kier molecular flexibility index (Phi) is 10.3. The first-order chi connectivity index (χ1) is 12.3. The molecule has 2 saturated heterocycles. The van der Waals surface area contributed by atoms with E-state index in [0.29, 0.717) is 25.6 Å². The molecule has 27 heavy (non-hydrogen) atoms. The Morgan fingerprint density at radius 2 is 1.74 bits per heavy atom. The zero-order valence-corrected chi connectivity index (χ0v) is 19.7. The standard InChI is InChI=1S/C17H32N4O4S.HI/c1-4-18-17(20-9-7-15(8-10-20)16(22)25-2)19-13-14-5-11-21(12-6-14)26(3,23)24;/h14-15H,4-13H2,1-3H3,(H,18,19);1H. The second kappa shape index (κ2) is 11.4.